The minimum Gasteiger partial charge on any atom is -0.489 e. The van der Waals surface area contributed by atoms with Crippen LogP contribution in [-0.4, -0.2) is 32.1 Å². The Balaban J connectivity index is 1.41. The molecule has 0 saturated heterocycles. The zero-order chi connectivity index (χ0) is 30.2. The average Bonchev–Trinajstić information content (AvgIpc) is 2.96. The van der Waals surface area contributed by atoms with Gasteiger partial charge >= 0.3 is 6.09 Å². The molecule has 0 bridgehead atoms. The van der Waals surface area contributed by atoms with Crippen LogP contribution in [0.4, 0.5) is 4.79 Å². The highest BCUT2D eigenvalue weighted by Crippen LogP contribution is 2.21. The van der Waals surface area contributed by atoms with Crippen molar-refractivity contribution in [3.63, 3.8) is 0 Å². The number of nitrogens with one attached hydrogen (secondary N) is 2. The summed E-state index contributed by atoms with van der Waals surface area (Å²) < 4.78 is 38.8. The van der Waals surface area contributed by atoms with Crippen LogP contribution < -0.4 is 14.8 Å². The number of benzene rings is 4. The SMILES string of the molecule is CC(C)(C)OC(=O)N[C@@H](Cc1ccc(OCc2ccc(-c3ccccc3)cc2)cc1)C(=O)NS(=O)(=O)c1ccccc1. The van der Waals surface area contributed by atoms with E-state index in [0.717, 1.165) is 16.7 Å². The molecule has 218 valence electrons. The maximum Gasteiger partial charge on any atom is 0.408 e. The van der Waals surface area contributed by atoms with E-state index in [0.29, 0.717) is 17.9 Å². The second-order valence-corrected chi connectivity index (χ2v) is 12.4. The van der Waals surface area contributed by atoms with E-state index in [4.69, 9.17) is 9.47 Å². The Bertz CT molecular complexity index is 1580. The summed E-state index contributed by atoms with van der Waals surface area (Å²) in [5, 5.41) is 2.50. The fourth-order valence-corrected chi connectivity index (χ4v) is 5.11. The lowest BCUT2D eigenvalue weighted by Crippen LogP contribution is -2.50. The first kappa shape index (κ1) is 30.3. The van der Waals surface area contributed by atoms with Crippen molar-refractivity contribution < 1.29 is 27.5 Å². The number of hydrogen-bond acceptors (Lipinski definition) is 6. The minimum atomic E-state index is -4.14. The van der Waals surface area contributed by atoms with Crippen molar-refractivity contribution >= 4 is 22.0 Å². The molecule has 42 heavy (non-hydrogen) atoms. The number of carbonyl (C=O) groups is 2. The van der Waals surface area contributed by atoms with E-state index in [1.165, 1.54) is 12.1 Å². The van der Waals surface area contributed by atoms with Gasteiger partial charge in [-0.25, -0.2) is 17.9 Å². The van der Waals surface area contributed by atoms with Crippen LogP contribution in [0.3, 0.4) is 0 Å². The normalized spacial score (nSPS) is 12.2. The third-order valence-electron chi connectivity index (χ3n) is 6.13. The topological polar surface area (TPSA) is 111 Å². The zero-order valence-corrected chi connectivity index (χ0v) is 24.6. The van der Waals surface area contributed by atoms with Crippen LogP contribution >= 0.6 is 0 Å². The van der Waals surface area contributed by atoms with E-state index < -0.39 is 33.7 Å². The summed E-state index contributed by atoms with van der Waals surface area (Å²) in [6.07, 6.45) is -0.811. The molecule has 0 fully saturated rings. The molecule has 2 amide bonds. The predicted molar refractivity (Wildman–Crippen MR) is 161 cm³/mol. The minimum absolute atomic E-state index is 0.0244. The maximum atomic E-state index is 13.1. The first-order valence-electron chi connectivity index (χ1n) is 13.5. The molecule has 0 aliphatic carbocycles. The molecule has 4 aromatic carbocycles. The molecule has 0 saturated carbocycles. The molecule has 0 unspecified atom stereocenters. The molecule has 2 N–H and O–H groups in total. The number of rotatable bonds is 10. The summed E-state index contributed by atoms with van der Waals surface area (Å²) in [7, 11) is -4.14. The summed E-state index contributed by atoms with van der Waals surface area (Å²) in [6.45, 7) is 5.45. The molecule has 4 rings (SSSR count). The van der Waals surface area contributed by atoms with Gasteiger partial charge in [0.25, 0.3) is 15.9 Å². The van der Waals surface area contributed by atoms with Gasteiger partial charge in [-0.2, -0.15) is 0 Å². The van der Waals surface area contributed by atoms with Crippen LogP contribution in [0.2, 0.25) is 0 Å². The van der Waals surface area contributed by atoms with Gasteiger partial charge in [0.1, 0.15) is 24.0 Å². The van der Waals surface area contributed by atoms with Crippen LogP contribution in [0, 0.1) is 0 Å². The molecular formula is C33H34N2O6S. The molecule has 0 spiro atoms. The summed E-state index contributed by atoms with van der Waals surface area (Å²) in [4.78, 5) is 25.5. The highest BCUT2D eigenvalue weighted by Gasteiger charge is 2.28. The Morgan fingerprint density at radius 1 is 0.738 bits per heavy atom. The molecular weight excluding hydrogens is 552 g/mol. The molecule has 0 aliphatic heterocycles. The smallest absolute Gasteiger partial charge is 0.408 e. The molecule has 4 aromatic rings. The van der Waals surface area contributed by atoms with Crippen molar-refractivity contribution in [1.82, 2.24) is 10.0 Å². The highest BCUT2D eigenvalue weighted by atomic mass is 32.2. The van der Waals surface area contributed by atoms with Crippen LogP contribution in [0.1, 0.15) is 31.9 Å². The van der Waals surface area contributed by atoms with Crippen LogP contribution in [-0.2, 0) is 32.6 Å². The predicted octanol–water partition coefficient (Wildman–Crippen LogP) is 5.87. The summed E-state index contributed by atoms with van der Waals surface area (Å²) in [5.74, 6) is -0.261. The molecule has 0 aromatic heterocycles. The van der Waals surface area contributed by atoms with E-state index in [9.17, 15) is 18.0 Å². The standard InChI is InChI=1S/C33H34N2O6S/c1-33(2,3)41-32(37)34-30(31(36)35-42(38,39)29-12-8-5-9-13-29)22-24-16-20-28(21-17-24)40-23-25-14-18-27(19-15-25)26-10-6-4-7-11-26/h4-21,30H,22-23H2,1-3H3,(H,34,37)(H,35,36)/t30-/m0/s1. The molecule has 0 radical (unpaired) electrons. The van der Waals surface area contributed by atoms with E-state index in [1.54, 1.807) is 63.2 Å². The maximum absolute atomic E-state index is 13.1. The van der Waals surface area contributed by atoms with Crippen LogP contribution in [0.5, 0.6) is 5.75 Å². The number of ether oxygens (including phenoxy) is 2. The van der Waals surface area contributed by atoms with Crippen LogP contribution in [0.25, 0.3) is 11.1 Å². The van der Waals surface area contributed by atoms with Gasteiger partial charge in [-0.15, -0.1) is 0 Å². The quantitative estimate of drug-likeness (QED) is 0.240. The Labute approximate surface area is 246 Å². The summed E-state index contributed by atoms with van der Waals surface area (Å²) in [5.41, 5.74) is 3.16. The first-order valence-corrected chi connectivity index (χ1v) is 14.9. The van der Waals surface area contributed by atoms with Gasteiger partial charge in [0.05, 0.1) is 4.90 Å². The van der Waals surface area contributed by atoms with Crippen molar-refractivity contribution in [1.29, 1.82) is 0 Å². The number of alkyl carbamates (subject to hydrolysis) is 1. The zero-order valence-electron chi connectivity index (χ0n) is 23.7. The van der Waals surface area contributed by atoms with Crippen molar-refractivity contribution in [3.8, 4) is 16.9 Å². The van der Waals surface area contributed by atoms with Gasteiger partial charge in [0.15, 0.2) is 0 Å². The molecule has 0 aliphatic rings. The number of sulfonamides is 1. The summed E-state index contributed by atoms with van der Waals surface area (Å²) >= 11 is 0. The number of hydrogen-bond donors (Lipinski definition) is 2. The Morgan fingerprint density at radius 2 is 1.29 bits per heavy atom. The molecule has 0 heterocycles. The molecule has 1 atom stereocenters. The van der Waals surface area contributed by atoms with Gasteiger partial charge in [-0.3, -0.25) is 4.79 Å². The van der Waals surface area contributed by atoms with Gasteiger partial charge in [0.2, 0.25) is 0 Å². The second-order valence-electron chi connectivity index (χ2n) is 10.7. The largest absolute Gasteiger partial charge is 0.489 e. The second kappa shape index (κ2) is 13.4. The lowest BCUT2D eigenvalue weighted by atomic mass is 10.0. The van der Waals surface area contributed by atoms with Crippen LogP contribution in [0.15, 0.2) is 114 Å². The van der Waals surface area contributed by atoms with Gasteiger partial charge in [-0.1, -0.05) is 84.9 Å². The Morgan fingerprint density at radius 3 is 1.88 bits per heavy atom. The van der Waals surface area contributed by atoms with E-state index in [2.05, 4.69) is 34.3 Å². The highest BCUT2D eigenvalue weighted by molar-refractivity contribution is 7.90. The molecule has 9 heteroatoms. The van der Waals surface area contributed by atoms with E-state index >= 15 is 0 Å². The number of carbonyl (C=O) groups excluding carboxylic acids is 2. The van der Waals surface area contributed by atoms with Crippen molar-refractivity contribution in [2.24, 2.45) is 0 Å². The third kappa shape index (κ3) is 8.94. The van der Waals surface area contributed by atoms with Crippen molar-refractivity contribution in [2.45, 2.75) is 50.3 Å². The Hall–Kier alpha value is -4.63. The van der Waals surface area contributed by atoms with Gasteiger partial charge in [-0.05, 0) is 67.3 Å². The monoisotopic (exact) mass is 586 g/mol. The van der Waals surface area contributed by atoms with Crippen molar-refractivity contribution in [2.75, 3.05) is 0 Å². The molecule has 8 nitrogen and oxygen atoms in total. The number of amides is 2. The third-order valence-corrected chi connectivity index (χ3v) is 7.49. The fourth-order valence-electron chi connectivity index (χ4n) is 4.07. The first-order chi connectivity index (χ1) is 20.0. The Kier molecular flexibility index (Phi) is 9.64. The van der Waals surface area contributed by atoms with Gasteiger partial charge < -0.3 is 14.8 Å². The van der Waals surface area contributed by atoms with Crippen molar-refractivity contribution in [3.05, 3.63) is 120 Å². The van der Waals surface area contributed by atoms with E-state index in [-0.39, 0.29) is 11.3 Å². The van der Waals surface area contributed by atoms with E-state index in [1.807, 2.05) is 30.3 Å². The van der Waals surface area contributed by atoms with Gasteiger partial charge in [0, 0.05) is 6.42 Å². The fraction of sp³-hybridized carbons (Fsp3) is 0.212. The lowest BCUT2D eigenvalue weighted by molar-refractivity contribution is -0.121. The summed E-state index contributed by atoms with van der Waals surface area (Å²) in [6, 6.07) is 31.6. The lowest BCUT2D eigenvalue weighted by Gasteiger charge is -2.23. The average molecular weight is 587 g/mol.